The number of hydrogen-bond acceptors (Lipinski definition) is 3. The van der Waals surface area contributed by atoms with Crippen molar-refractivity contribution >= 4 is 9.84 Å². The Hall–Kier alpha value is -0.940. The third-order valence-corrected chi connectivity index (χ3v) is 3.99. The molecule has 3 nitrogen and oxygen atoms in total. The van der Waals surface area contributed by atoms with E-state index in [2.05, 4.69) is 5.32 Å². The van der Waals surface area contributed by atoms with Crippen LogP contribution in [-0.2, 0) is 9.84 Å². The van der Waals surface area contributed by atoms with Crippen LogP contribution in [0.25, 0.3) is 0 Å². The third-order valence-electron chi connectivity index (χ3n) is 3.02. The van der Waals surface area contributed by atoms with E-state index in [1.807, 2.05) is 6.92 Å². The largest absolute Gasteiger partial charge is 0.310 e. The number of rotatable bonds is 7. The first-order valence-corrected chi connectivity index (χ1v) is 8.57. The summed E-state index contributed by atoms with van der Waals surface area (Å²) in [5.41, 5.74) is 1.14. The minimum absolute atomic E-state index is 0.0573. The molecule has 0 amide bonds. The molecule has 0 aliphatic carbocycles. The molecule has 1 N–H and O–H groups in total. The quantitative estimate of drug-likeness (QED) is 0.838. The first-order chi connectivity index (χ1) is 8.85. The Labute approximate surface area is 115 Å². The van der Waals surface area contributed by atoms with Gasteiger partial charge in [0.15, 0.2) is 0 Å². The van der Waals surface area contributed by atoms with Crippen molar-refractivity contribution in [2.24, 2.45) is 0 Å². The van der Waals surface area contributed by atoms with Gasteiger partial charge in [0.05, 0.1) is 5.75 Å². The van der Waals surface area contributed by atoms with Crippen LogP contribution in [0.1, 0.15) is 36.9 Å². The van der Waals surface area contributed by atoms with E-state index in [9.17, 15) is 12.8 Å². The second-order valence-electron chi connectivity index (χ2n) is 4.90. The zero-order valence-electron chi connectivity index (χ0n) is 11.7. The van der Waals surface area contributed by atoms with Gasteiger partial charge in [-0.25, -0.2) is 12.8 Å². The Morgan fingerprint density at radius 1 is 1.37 bits per heavy atom. The van der Waals surface area contributed by atoms with Crippen LogP contribution in [-0.4, -0.2) is 27.0 Å². The topological polar surface area (TPSA) is 46.2 Å². The lowest BCUT2D eigenvalue weighted by atomic mass is 10.0. The Morgan fingerprint density at radius 2 is 2.05 bits per heavy atom. The number of sulfone groups is 1. The molecule has 108 valence electrons. The molecule has 0 bridgehead atoms. The summed E-state index contributed by atoms with van der Waals surface area (Å²) >= 11 is 0. The summed E-state index contributed by atoms with van der Waals surface area (Å²) in [5, 5.41) is 3.22. The maximum atomic E-state index is 14.1. The van der Waals surface area contributed by atoms with Crippen molar-refractivity contribution in [3.05, 3.63) is 35.1 Å². The predicted octanol–water partition coefficient (Wildman–Crippen LogP) is 2.61. The monoisotopic (exact) mass is 287 g/mol. The standard InChI is InChI=1S/C14H22FNO2S/c1-4-9-16-13(8-10-19(3,17)18)12-7-5-6-11(2)14(12)15/h5-7,13,16H,4,8-10H2,1-3H3. The molecule has 0 saturated heterocycles. The minimum atomic E-state index is -3.04. The second kappa shape index (κ2) is 7.01. The summed E-state index contributed by atoms with van der Waals surface area (Å²) < 4.78 is 36.7. The number of benzene rings is 1. The Kier molecular flexibility index (Phi) is 5.94. The lowest BCUT2D eigenvalue weighted by molar-refractivity contribution is 0.484. The lowest BCUT2D eigenvalue weighted by Gasteiger charge is -2.20. The molecule has 0 saturated carbocycles. The molecule has 0 fully saturated rings. The van der Waals surface area contributed by atoms with Gasteiger partial charge in [0, 0.05) is 17.9 Å². The molecule has 19 heavy (non-hydrogen) atoms. The van der Waals surface area contributed by atoms with Crippen LogP contribution in [0.4, 0.5) is 4.39 Å². The van der Waals surface area contributed by atoms with Gasteiger partial charge in [0.1, 0.15) is 15.7 Å². The number of halogens is 1. The van der Waals surface area contributed by atoms with Crippen molar-refractivity contribution in [2.75, 3.05) is 18.6 Å². The van der Waals surface area contributed by atoms with Gasteiger partial charge in [-0.05, 0) is 31.9 Å². The van der Waals surface area contributed by atoms with Crippen molar-refractivity contribution in [3.63, 3.8) is 0 Å². The van der Waals surface area contributed by atoms with Gasteiger partial charge in [-0.3, -0.25) is 0 Å². The van der Waals surface area contributed by atoms with E-state index in [-0.39, 0.29) is 17.6 Å². The van der Waals surface area contributed by atoms with Crippen LogP contribution < -0.4 is 5.32 Å². The summed E-state index contributed by atoms with van der Waals surface area (Å²) in [6.45, 7) is 4.47. The number of nitrogens with one attached hydrogen (secondary N) is 1. The van der Waals surface area contributed by atoms with Gasteiger partial charge in [0.2, 0.25) is 0 Å². The van der Waals surface area contributed by atoms with Crippen molar-refractivity contribution in [3.8, 4) is 0 Å². The molecule has 1 aromatic carbocycles. The number of aryl methyl sites for hydroxylation is 1. The highest BCUT2D eigenvalue weighted by Gasteiger charge is 2.18. The van der Waals surface area contributed by atoms with E-state index in [1.165, 1.54) is 6.26 Å². The van der Waals surface area contributed by atoms with E-state index in [0.29, 0.717) is 17.5 Å². The van der Waals surface area contributed by atoms with Crippen LogP contribution >= 0.6 is 0 Å². The highest BCUT2D eigenvalue weighted by Crippen LogP contribution is 2.23. The van der Waals surface area contributed by atoms with Crippen LogP contribution in [0.3, 0.4) is 0 Å². The molecule has 0 heterocycles. The molecule has 0 aliphatic rings. The average Bonchev–Trinajstić information content (AvgIpc) is 2.32. The summed E-state index contributed by atoms with van der Waals surface area (Å²) in [7, 11) is -3.04. The second-order valence-corrected chi connectivity index (χ2v) is 7.16. The molecular formula is C14H22FNO2S. The van der Waals surface area contributed by atoms with Crippen molar-refractivity contribution in [2.45, 2.75) is 32.7 Å². The predicted molar refractivity (Wildman–Crippen MR) is 76.5 cm³/mol. The fourth-order valence-electron chi connectivity index (χ4n) is 1.96. The van der Waals surface area contributed by atoms with Gasteiger partial charge in [0.25, 0.3) is 0 Å². The zero-order chi connectivity index (χ0) is 14.5. The van der Waals surface area contributed by atoms with Crippen LogP contribution in [0, 0.1) is 12.7 Å². The smallest absolute Gasteiger partial charge is 0.147 e. The van der Waals surface area contributed by atoms with E-state index >= 15 is 0 Å². The fraction of sp³-hybridized carbons (Fsp3) is 0.571. The molecule has 1 aromatic rings. The van der Waals surface area contributed by atoms with Crippen LogP contribution in [0.5, 0.6) is 0 Å². The zero-order valence-corrected chi connectivity index (χ0v) is 12.6. The molecule has 0 aromatic heterocycles. The highest BCUT2D eigenvalue weighted by molar-refractivity contribution is 7.90. The SMILES string of the molecule is CCCNC(CCS(C)(=O)=O)c1cccc(C)c1F. The Balaban J connectivity index is 2.92. The van der Waals surface area contributed by atoms with E-state index in [1.54, 1.807) is 25.1 Å². The Morgan fingerprint density at radius 3 is 2.63 bits per heavy atom. The van der Waals surface area contributed by atoms with E-state index < -0.39 is 9.84 Å². The Bertz CT molecular complexity index is 514. The molecular weight excluding hydrogens is 265 g/mol. The van der Waals surface area contributed by atoms with Crippen LogP contribution in [0.15, 0.2) is 18.2 Å². The fourth-order valence-corrected chi connectivity index (χ4v) is 2.62. The molecule has 1 atom stereocenters. The van der Waals surface area contributed by atoms with E-state index in [4.69, 9.17) is 0 Å². The maximum Gasteiger partial charge on any atom is 0.147 e. The summed E-state index contributed by atoms with van der Waals surface area (Å²) in [5.74, 6) is -0.188. The van der Waals surface area contributed by atoms with Gasteiger partial charge in [-0.1, -0.05) is 25.1 Å². The molecule has 1 rings (SSSR count). The molecule has 0 radical (unpaired) electrons. The third kappa shape index (κ3) is 5.28. The van der Waals surface area contributed by atoms with Gasteiger partial charge in [-0.2, -0.15) is 0 Å². The van der Waals surface area contributed by atoms with Gasteiger partial charge in [-0.15, -0.1) is 0 Å². The van der Waals surface area contributed by atoms with E-state index in [0.717, 1.165) is 13.0 Å². The van der Waals surface area contributed by atoms with Gasteiger partial charge >= 0.3 is 0 Å². The molecule has 5 heteroatoms. The van der Waals surface area contributed by atoms with Crippen molar-refractivity contribution in [1.29, 1.82) is 0 Å². The normalized spacial score (nSPS) is 13.5. The van der Waals surface area contributed by atoms with Crippen molar-refractivity contribution < 1.29 is 12.8 Å². The molecule has 1 unspecified atom stereocenters. The first kappa shape index (κ1) is 16.1. The maximum absolute atomic E-state index is 14.1. The molecule has 0 spiro atoms. The average molecular weight is 287 g/mol. The van der Waals surface area contributed by atoms with Gasteiger partial charge < -0.3 is 5.32 Å². The summed E-state index contributed by atoms with van der Waals surface area (Å²) in [4.78, 5) is 0. The number of hydrogen-bond donors (Lipinski definition) is 1. The highest BCUT2D eigenvalue weighted by atomic mass is 32.2. The van der Waals surface area contributed by atoms with Crippen molar-refractivity contribution in [1.82, 2.24) is 5.32 Å². The molecule has 0 aliphatic heterocycles. The van der Waals surface area contributed by atoms with Crippen LogP contribution in [0.2, 0.25) is 0 Å². The minimum Gasteiger partial charge on any atom is -0.310 e. The first-order valence-electron chi connectivity index (χ1n) is 6.51. The summed E-state index contributed by atoms with van der Waals surface area (Å²) in [6.07, 6.45) is 2.51. The lowest BCUT2D eigenvalue weighted by Crippen LogP contribution is -2.25. The summed E-state index contributed by atoms with van der Waals surface area (Å²) in [6, 6.07) is 4.98.